The molecule has 0 fully saturated rings. The van der Waals surface area contributed by atoms with Crippen LogP contribution in [0.4, 0.5) is 5.69 Å². The molecule has 0 amide bonds. The minimum Gasteiger partial charge on any atom is -0.399 e. The molecule has 2 rings (SSSR count). The zero-order chi connectivity index (χ0) is 12.1. The van der Waals surface area contributed by atoms with Crippen molar-refractivity contribution >= 4 is 5.69 Å². The zero-order valence-corrected chi connectivity index (χ0v) is 9.93. The van der Waals surface area contributed by atoms with E-state index in [1.54, 1.807) is 6.20 Å². The molecule has 0 saturated heterocycles. The summed E-state index contributed by atoms with van der Waals surface area (Å²) in [5.41, 5.74) is 9.14. The summed E-state index contributed by atoms with van der Waals surface area (Å²) in [6.07, 6.45) is 4.54. The molecule has 0 saturated carbocycles. The zero-order valence-electron chi connectivity index (χ0n) is 9.93. The Labute approximate surface area is 102 Å². The third kappa shape index (κ3) is 2.82. The van der Waals surface area contributed by atoms with Crippen LogP contribution in [0.5, 0.6) is 0 Å². The minimum atomic E-state index is 0.244. The molecule has 0 aliphatic heterocycles. The molecule has 3 nitrogen and oxygen atoms in total. The van der Waals surface area contributed by atoms with E-state index in [1.165, 1.54) is 5.56 Å². The lowest BCUT2D eigenvalue weighted by atomic mass is 9.99. The summed E-state index contributed by atoms with van der Waals surface area (Å²) in [4.78, 5) is 4.15. The first-order valence-electron chi connectivity index (χ1n) is 5.72. The number of rotatable bonds is 4. The fraction of sp³-hybridized carbons (Fsp3) is 0.214. The number of pyridine rings is 1. The first kappa shape index (κ1) is 11.6. The summed E-state index contributed by atoms with van der Waals surface area (Å²) < 4.78 is 0. The van der Waals surface area contributed by atoms with Crippen LogP contribution in [0.25, 0.3) is 0 Å². The van der Waals surface area contributed by atoms with E-state index in [2.05, 4.69) is 22.4 Å². The van der Waals surface area contributed by atoms with Crippen molar-refractivity contribution in [2.45, 2.75) is 12.5 Å². The fourth-order valence-corrected chi connectivity index (χ4v) is 1.91. The van der Waals surface area contributed by atoms with Crippen molar-refractivity contribution < 1.29 is 0 Å². The Morgan fingerprint density at radius 3 is 2.71 bits per heavy atom. The van der Waals surface area contributed by atoms with Crippen LogP contribution < -0.4 is 11.1 Å². The summed E-state index contributed by atoms with van der Waals surface area (Å²) in [7, 11) is 1.96. The van der Waals surface area contributed by atoms with Gasteiger partial charge in [-0.25, -0.2) is 0 Å². The van der Waals surface area contributed by atoms with Crippen molar-refractivity contribution in [1.29, 1.82) is 0 Å². The third-order valence-electron chi connectivity index (χ3n) is 2.91. The lowest BCUT2D eigenvalue weighted by Gasteiger charge is -2.17. The van der Waals surface area contributed by atoms with E-state index in [-0.39, 0.29) is 6.04 Å². The Kier molecular flexibility index (Phi) is 3.73. The van der Waals surface area contributed by atoms with Crippen LogP contribution in [-0.2, 0) is 6.42 Å². The monoisotopic (exact) mass is 227 g/mol. The molecule has 0 spiro atoms. The van der Waals surface area contributed by atoms with Gasteiger partial charge in [0.2, 0.25) is 0 Å². The predicted octanol–water partition coefficient (Wildman–Crippen LogP) is 2.17. The average Bonchev–Trinajstić information content (AvgIpc) is 2.39. The molecule has 1 aromatic carbocycles. The normalized spacial score (nSPS) is 12.3. The molecule has 0 aliphatic rings. The number of likely N-dealkylation sites (N-methyl/N-ethyl adjacent to an activating group) is 1. The van der Waals surface area contributed by atoms with Crippen LogP contribution in [-0.4, -0.2) is 12.0 Å². The second kappa shape index (κ2) is 5.46. The molecule has 3 N–H and O–H groups in total. The minimum absolute atomic E-state index is 0.244. The molecule has 2 aromatic rings. The van der Waals surface area contributed by atoms with Crippen molar-refractivity contribution in [2.24, 2.45) is 0 Å². The highest BCUT2D eigenvalue weighted by Crippen LogP contribution is 2.20. The Hall–Kier alpha value is -1.87. The van der Waals surface area contributed by atoms with Crippen LogP contribution in [0, 0.1) is 0 Å². The molecular formula is C14H17N3. The van der Waals surface area contributed by atoms with E-state index in [0.717, 1.165) is 17.7 Å². The maximum atomic E-state index is 5.96. The van der Waals surface area contributed by atoms with Gasteiger partial charge in [-0.2, -0.15) is 0 Å². The third-order valence-corrected chi connectivity index (χ3v) is 2.91. The van der Waals surface area contributed by atoms with Crippen molar-refractivity contribution in [3.8, 4) is 0 Å². The van der Waals surface area contributed by atoms with Crippen LogP contribution in [0.1, 0.15) is 17.2 Å². The summed E-state index contributed by atoms with van der Waals surface area (Å²) in [6.45, 7) is 0. The number of para-hydroxylation sites is 1. The van der Waals surface area contributed by atoms with E-state index in [0.29, 0.717) is 0 Å². The predicted molar refractivity (Wildman–Crippen MR) is 70.6 cm³/mol. The maximum absolute atomic E-state index is 5.96. The average molecular weight is 227 g/mol. The SMILES string of the molecule is CNC(Cc1ccccc1N)c1cccnc1. The van der Waals surface area contributed by atoms with Crippen molar-refractivity contribution in [3.63, 3.8) is 0 Å². The molecule has 0 radical (unpaired) electrons. The number of aromatic nitrogens is 1. The number of nitrogens with one attached hydrogen (secondary N) is 1. The Bertz CT molecular complexity index is 468. The number of nitrogens with zero attached hydrogens (tertiary/aromatic N) is 1. The number of nitrogens with two attached hydrogens (primary N) is 1. The van der Waals surface area contributed by atoms with Gasteiger partial charge in [0.1, 0.15) is 0 Å². The molecule has 1 heterocycles. The topological polar surface area (TPSA) is 50.9 Å². The molecule has 3 heteroatoms. The highest BCUT2D eigenvalue weighted by molar-refractivity contribution is 5.47. The highest BCUT2D eigenvalue weighted by Gasteiger charge is 2.11. The van der Waals surface area contributed by atoms with E-state index >= 15 is 0 Å². The van der Waals surface area contributed by atoms with Gasteiger partial charge in [0.05, 0.1) is 0 Å². The van der Waals surface area contributed by atoms with Gasteiger partial charge in [0.15, 0.2) is 0 Å². The van der Waals surface area contributed by atoms with E-state index in [1.807, 2.05) is 37.5 Å². The quantitative estimate of drug-likeness (QED) is 0.787. The van der Waals surface area contributed by atoms with Gasteiger partial charge in [0, 0.05) is 24.1 Å². The largest absolute Gasteiger partial charge is 0.399 e. The van der Waals surface area contributed by atoms with Gasteiger partial charge in [0.25, 0.3) is 0 Å². The second-order valence-corrected chi connectivity index (χ2v) is 4.03. The number of nitrogen functional groups attached to an aromatic ring is 1. The Morgan fingerprint density at radius 2 is 2.06 bits per heavy atom. The van der Waals surface area contributed by atoms with E-state index in [4.69, 9.17) is 5.73 Å². The lowest BCUT2D eigenvalue weighted by Crippen LogP contribution is -2.19. The van der Waals surface area contributed by atoms with Crippen LogP contribution >= 0.6 is 0 Å². The van der Waals surface area contributed by atoms with Gasteiger partial charge in [-0.1, -0.05) is 24.3 Å². The molecule has 0 bridgehead atoms. The number of anilines is 1. The first-order chi connectivity index (χ1) is 8.31. The summed E-state index contributed by atoms with van der Waals surface area (Å²) >= 11 is 0. The van der Waals surface area contributed by atoms with E-state index in [9.17, 15) is 0 Å². The van der Waals surface area contributed by atoms with Gasteiger partial charge >= 0.3 is 0 Å². The molecule has 17 heavy (non-hydrogen) atoms. The van der Waals surface area contributed by atoms with E-state index < -0.39 is 0 Å². The van der Waals surface area contributed by atoms with Crippen LogP contribution in [0.2, 0.25) is 0 Å². The summed E-state index contributed by atoms with van der Waals surface area (Å²) in [5, 5.41) is 3.30. The van der Waals surface area contributed by atoms with Crippen molar-refractivity contribution in [2.75, 3.05) is 12.8 Å². The standard InChI is InChI=1S/C14H17N3/c1-16-14(12-6-4-8-17-10-12)9-11-5-2-3-7-13(11)15/h2-8,10,14,16H,9,15H2,1H3. The highest BCUT2D eigenvalue weighted by atomic mass is 14.9. The van der Waals surface area contributed by atoms with Gasteiger partial charge < -0.3 is 11.1 Å². The number of hydrogen-bond donors (Lipinski definition) is 2. The maximum Gasteiger partial charge on any atom is 0.0374 e. The second-order valence-electron chi connectivity index (χ2n) is 4.03. The molecule has 1 aromatic heterocycles. The molecule has 0 aliphatic carbocycles. The van der Waals surface area contributed by atoms with Crippen LogP contribution in [0.3, 0.4) is 0 Å². The molecule has 1 atom stereocenters. The van der Waals surface area contributed by atoms with Crippen molar-refractivity contribution in [3.05, 3.63) is 59.9 Å². The number of benzene rings is 1. The van der Waals surface area contributed by atoms with Gasteiger partial charge in [-0.3, -0.25) is 4.98 Å². The Balaban J connectivity index is 2.19. The fourth-order valence-electron chi connectivity index (χ4n) is 1.91. The van der Waals surface area contributed by atoms with Gasteiger partial charge in [-0.15, -0.1) is 0 Å². The number of hydrogen-bond acceptors (Lipinski definition) is 3. The van der Waals surface area contributed by atoms with Crippen LogP contribution in [0.15, 0.2) is 48.8 Å². The lowest BCUT2D eigenvalue weighted by molar-refractivity contribution is 0.591. The molecular weight excluding hydrogens is 210 g/mol. The molecule has 1 unspecified atom stereocenters. The summed E-state index contributed by atoms with van der Waals surface area (Å²) in [5.74, 6) is 0. The Morgan fingerprint density at radius 1 is 1.24 bits per heavy atom. The van der Waals surface area contributed by atoms with Gasteiger partial charge in [-0.05, 0) is 36.7 Å². The molecule has 88 valence electrons. The smallest absolute Gasteiger partial charge is 0.0374 e. The summed E-state index contributed by atoms with van der Waals surface area (Å²) in [6, 6.07) is 12.2. The first-order valence-corrected chi connectivity index (χ1v) is 5.72. The van der Waals surface area contributed by atoms with Crippen molar-refractivity contribution in [1.82, 2.24) is 10.3 Å².